The topological polar surface area (TPSA) is 67.9 Å². The third-order valence-electron chi connectivity index (χ3n) is 4.83. The Morgan fingerprint density at radius 2 is 1.55 bits per heavy atom. The molecule has 0 aliphatic heterocycles. The number of nitrogens with zero attached hydrogens (tertiary/aromatic N) is 1. The second kappa shape index (κ2) is 10.5. The Labute approximate surface area is 172 Å². The van der Waals surface area contributed by atoms with Crippen LogP contribution >= 0.6 is 0 Å². The van der Waals surface area contributed by atoms with E-state index in [0.717, 1.165) is 11.3 Å². The quantitative estimate of drug-likeness (QED) is 0.703. The minimum atomic E-state index is -0.624. The van der Waals surface area contributed by atoms with Gasteiger partial charge in [-0.2, -0.15) is 0 Å². The SMILES string of the molecule is CNC(=O)[C@H](C)N(Cc1ccc(OC)cc1)C(=O)COc1ccc(C(C)C)cc1. The fraction of sp³-hybridized carbons (Fsp3) is 0.391. The van der Waals surface area contributed by atoms with Crippen LogP contribution in [0.1, 0.15) is 37.8 Å². The molecule has 0 spiro atoms. The maximum atomic E-state index is 12.9. The van der Waals surface area contributed by atoms with Crippen LogP contribution in [0.15, 0.2) is 48.5 Å². The van der Waals surface area contributed by atoms with E-state index in [1.54, 1.807) is 21.1 Å². The largest absolute Gasteiger partial charge is 0.497 e. The summed E-state index contributed by atoms with van der Waals surface area (Å²) < 4.78 is 10.8. The molecule has 0 saturated heterocycles. The lowest BCUT2D eigenvalue weighted by Crippen LogP contribution is -2.48. The van der Waals surface area contributed by atoms with Crippen molar-refractivity contribution >= 4 is 11.8 Å². The number of hydrogen-bond donors (Lipinski definition) is 1. The lowest BCUT2D eigenvalue weighted by atomic mass is 10.0. The van der Waals surface area contributed by atoms with Crippen LogP contribution in [-0.2, 0) is 16.1 Å². The van der Waals surface area contributed by atoms with E-state index in [4.69, 9.17) is 9.47 Å². The summed E-state index contributed by atoms with van der Waals surface area (Å²) in [6, 6.07) is 14.5. The molecule has 1 atom stereocenters. The number of hydrogen-bond acceptors (Lipinski definition) is 4. The van der Waals surface area contributed by atoms with Crippen molar-refractivity contribution < 1.29 is 19.1 Å². The summed E-state index contributed by atoms with van der Waals surface area (Å²) in [4.78, 5) is 26.6. The van der Waals surface area contributed by atoms with Gasteiger partial charge < -0.3 is 19.7 Å². The fourth-order valence-electron chi connectivity index (χ4n) is 2.90. The van der Waals surface area contributed by atoms with Gasteiger partial charge in [0.1, 0.15) is 17.5 Å². The van der Waals surface area contributed by atoms with E-state index < -0.39 is 6.04 Å². The Morgan fingerprint density at radius 1 is 0.966 bits per heavy atom. The predicted molar refractivity (Wildman–Crippen MR) is 113 cm³/mol. The molecule has 1 N–H and O–H groups in total. The number of methoxy groups -OCH3 is 1. The predicted octanol–water partition coefficient (Wildman–Crippen LogP) is 3.36. The molecule has 6 heteroatoms. The third-order valence-corrected chi connectivity index (χ3v) is 4.83. The average Bonchev–Trinajstić information content (AvgIpc) is 2.75. The number of benzene rings is 2. The molecular weight excluding hydrogens is 368 g/mol. The van der Waals surface area contributed by atoms with Crippen molar-refractivity contribution in [2.24, 2.45) is 0 Å². The fourth-order valence-corrected chi connectivity index (χ4v) is 2.90. The van der Waals surface area contributed by atoms with E-state index >= 15 is 0 Å². The molecule has 0 aliphatic carbocycles. The molecular formula is C23H30N2O4. The summed E-state index contributed by atoms with van der Waals surface area (Å²) in [6.45, 7) is 6.11. The number of carbonyl (C=O) groups excluding carboxylic acids is 2. The van der Waals surface area contributed by atoms with E-state index in [9.17, 15) is 9.59 Å². The number of carbonyl (C=O) groups is 2. The van der Waals surface area contributed by atoms with Gasteiger partial charge in [0.15, 0.2) is 6.61 Å². The minimum absolute atomic E-state index is 0.140. The molecule has 6 nitrogen and oxygen atoms in total. The van der Waals surface area contributed by atoms with Crippen LogP contribution in [0.4, 0.5) is 0 Å². The summed E-state index contributed by atoms with van der Waals surface area (Å²) >= 11 is 0. The monoisotopic (exact) mass is 398 g/mol. The van der Waals surface area contributed by atoms with Crippen molar-refractivity contribution in [1.29, 1.82) is 0 Å². The highest BCUT2D eigenvalue weighted by molar-refractivity contribution is 5.87. The van der Waals surface area contributed by atoms with E-state index in [-0.39, 0.29) is 18.4 Å². The van der Waals surface area contributed by atoms with Gasteiger partial charge in [-0.15, -0.1) is 0 Å². The summed E-state index contributed by atoms with van der Waals surface area (Å²) in [6.07, 6.45) is 0. The number of rotatable bonds is 9. The van der Waals surface area contributed by atoms with Crippen LogP contribution in [0, 0.1) is 0 Å². The first-order valence-electron chi connectivity index (χ1n) is 9.72. The maximum Gasteiger partial charge on any atom is 0.261 e. The van der Waals surface area contributed by atoms with Crippen LogP contribution < -0.4 is 14.8 Å². The minimum Gasteiger partial charge on any atom is -0.497 e. The third kappa shape index (κ3) is 6.24. The Morgan fingerprint density at radius 3 is 2.07 bits per heavy atom. The van der Waals surface area contributed by atoms with Crippen LogP contribution in [0.3, 0.4) is 0 Å². The van der Waals surface area contributed by atoms with Gasteiger partial charge in [0, 0.05) is 13.6 Å². The van der Waals surface area contributed by atoms with Crippen molar-refractivity contribution in [2.45, 2.75) is 39.3 Å². The van der Waals surface area contributed by atoms with Crippen LogP contribution in [-0.4, -0.2) is 43.5 Å². The Balaban J connectivity index is 2.09. The Hall–Kier alpha value is -3.02. The number of amides is 2. The van der Waals surface area contributed by atoms with Crippen molar-refractivity contribution in [3.05, 3.63) is 59.7 Å². The van der Waals surface area contributed by atoms with Gasteiger partial charge in [0.05, 0.1) is 7.11 Å². The van der Waals surface area contributed by atoms with Gasteiger partial charge in [0.2, 0.25) is 5.91 Å². The number of nitrogens with one attached hydrogen (secondary N) is 1. The zero-order valence-electron chi connectivity index (χ0n) is 17.8. The molecule has 0 heterocycles. The standard InChI is InChI=1S/C23H30N2O4/c1-16(2)19-8-12-21(13-9-19)29-15-22(26)25(17(3)23(27)24-4)14-18-6-10-20(28-5)11-7-18/h6-13,16-17H,14-15H2,1-5H3,(H,24,27)/t17-/m0/s1. The first-order valence-corrected chi connectivity index (χ1v) is 9.72. The first-order chi connectivity index (χ1) is 13.8. The molecule has 156 valence electrons. The molecule has 0 fully saturated rings. The van der Waals surface area contributed by atoms with Gasteiger partial charge >= 0.3 is 0 Å². The molecule has 0 aromatic heterocycles. The van der Waals surface area contributed by atoms with E-state index in [1.807, 2.05) is 48.5 Å². The maximum absolute atomic E-state index is 12.9. The Bertz CT molecular complexity index is 801. The highest BCUT2D eigenvalue weighted by atomic mass is 16.5. The molecule has 0 aliphatic rings. The van der Waals surface area contributed by atoms with Gasteiger partial charge in [-0.25, -0.2) is 0 Å². The second-order valence-electron chi connectivity index (χ2n) is 7.17. The molecule has 0 unspecified atom stereocenters. The van der Waals surface area contributed by atoms with Crippen molar-refractivity contribution in [2.75, 3.05) is 20.8 Å². The molecule has 2 amide bonds. The molecule has 0 radical (unpaired) electrons. The molecule has 2 aromatic carbocycles. The molecule has 2 rings (SSSR count). The van der Waals surface area contributed by atoms with Gasteiger partial charge in [-0.3, -0.25) is 9.59 Å². The summed E-state index contributed by atoms with van der Waals surface area (Å²) in [5.74, 6) is 1.30. The zero-order chi connectivity index (χ0) is 21.4. The van der Waals surface area contributed by atoms with Crippen LogP contribution in [0.25, 0.3) is 0 Å². The van der Waals surface area contributed by atoms with Crippen molar-refractivity contribution in [3.63, 3.8) is 0 Å². The summed E-state index contributed by atoms with van der Waals surface area (Å²) in [5, 5.41) is 2.60. The molecule has 2 aromatic rings. The van der Waals surface area contributed by atoms with Crippen molar-refractivity contribution in [3.8, 4) is 11.5 Å². The summed E-state index contributed by atoms with van der Waals surface area (Å²) in [5.41, 5.74) is 2.11. The number of likely N-dealkylation sites (N-methyl/N-ethyl adjacent to an activating group) is 1. The molecule has 0 saturated carbocycles. The normalized spacial score (nSPS) is 11.7. The highest BCUT2D eigenvalue weighted by Gasteiger charge is 2.25. The lowest BCUT2D eigenvalue weighted by Gasteiger charge is -2.28. The van der Waals surface area contributed by atoms with Crippen LogP contribution in [0.2, 0.25) is 0 Å². The van der Waals surface area contributed by atoms with Crippen molar-refractivity contribution in [1.82, 2.24) is 10.2 Å². The van der Waals surface area contributed by atoms with Crippen LogP contribution in [0.5, 0.6) is 11.5 Å². The highest BCUT2D eigenvalue weighted by Crippen LogP contribution is 2.19. The Kier molecular flexibility index (Phi) is 8.07. The van der Waals surface area contributed by atoms with Gasteiger partial charge in [-0.05, 0) is 48.2 Å². The average molecular weight is 399 g/mol. The van der Waals surface area contributed by atoms with E-state index in [2.05, 4.69) is 19.2 Å². The molecule has 0 bridgehead atoms. The summed E-state index contributed by atoms with van der Waals surface area (Å²) in [7, 11) is 3.16. The second-order valence-corrected chi connectivity index (χ2v) is 7.17. The van der Waals surface area contributed by atoms with E-state index in [0.29, 0.717) is 18.2 Å². The van der Waals surface area contributed by atoms with Gasteiger partial charge in [0.25, 0.3) is 5.91 Å². The first kappa shape index (κ1) is 22.3. The lowest BCUT2D eigenvalue weighted by molar-refractivity contribution is -0.142. The number of ether oxygens (including phenoxy) is 2. The van der Waals surface area contributed by atoms with E-state index in [1.165, 1.54) is 10.5 Å². The smallest absolute Gasteiger partial charge is 0.261 e. The van der Waals surface area contributed by atoms with Gasteiger partial charge in [-0.1, -0.05) is 38.1 Å². The zero-order valence-corrected chi connectivity index (χ0v) is 17.8. The molecule has 29 heavy (non-hydrogen) atoms.